The number of carbonyl (C=O) groups is 1. The normalized spacial score (nSPS) is 17.8. The number of hydrogen-bond acceptors (Lipinski definition) is 14. The van der Waals surface area contributed by atoms with Crippen LogP contribution in [-0.2, 0) is 29.7 Å². The summed E-state index contributed by atoms with van der Waals surface area (Å²) in [5.74, 6) is -0.623. The van der Waals surface area contributed by atoms with Gasteiger partial charge in [-0.05, 0) is 57.5 Å². The first-order chi connectivity index (χ1) is 18.3. The fraction of sp³-hybridized carbons (Fsp3) is 0.562. The van der Waals surface area contributed by atoms with Gasteiger partial charge in [0.2, 0.25) is 0 Å². The fourth-order valence-electron chi connectivity index (χ4n) is 2.74. The number of carbonyl (C=O) groups excluding carboxylic acids is 1. The molecule has 1 amide bonds. The molecule has 0 aliphatic heterocycles. The van der Waals surface area contributed by atoms with Crippen LogP contribution < -0.4 is 30.6 Å². The van der Waals surface area contributed by atoms with Crippen LogP contribution in [0.3, 0.4) is 0 Å². The van der Waals surface area contributed by atoms with E-state index in [9.17, 15) is 52.6 Å². The Balaban J connectivity index is 0.000000964. The highest BCUT2D eigenvalue weighted by molar-refractivity contribution is 7.71. The van der Waals surface area contributed by atoms with Gasteiger partial charge in [0, 0.05) is 12.1 Å². The van der Waals surface area contributed by atoms with Crippen molar-refractivity contribution in [2.45, 2.75) is 42.5 Å². The van der Waals surface area contributed by atoms with Gasteiger partial charge in [-0.2, -0.15) is 4.84 Å². The van der Waals surface area contributed by atoms with Crippen LogP contribution in [0.1, 0.15) is 41.6 Å². The van der Waals surface area contributed by atoms with Gasteiger partial charge in [0.15, 0.2) is 32.0 Å². The number of aliphatic hydroxyl groups is 2. The molecule has 3 atom stereocenters. The van der Waals surface area contributed by atoms with Crippen LogP contribution in [0.25, 0.3) is 0 Å². The minimum Gasteiger partial charge on any atom is -0.808 e. The summed E-state index contributed by atoms with van der Waals surface area (Å²) in [6.45, 7) is -0.614. The van der Waals surface area contributed by atoms with E-state index in [1.807, 2.05) is 0 Å². The summed E-state index contributed by atoms with van der Waals surface area (Å²) in [6.07, 6.45) is -2.53. The van der Waals surface area contributed by atoms with Crippen molar-refractivity contribution >= 4 is 36.3 Å². The first kappa shape index (κ1) is 39.4. The largest absolute Gasteiger partial charge is 0.808 e. The van der Waals surface area contributed by atoms with Crippen molar-refractivity contribution < 1.29 is 87.5 Å². The predicted octanol–water partition coefficient (Wildman–Crippen LogP) is -4.00. The number of nitrogens with two attached hydrogens (primary N) is 1. The van der Waals surface area contributed by atoms with Gasteiger partial charge in [-0.15, -0.1) is 0 Å². The zero-order chi connectivity index (χ0) is 32.5. The Morgan fingerprint density at radius 3 is 1.73 bits per heavy atom. The van der Waals surface area contributed by atoms with Crippen LogP contribution >= 0.6 is 30.4 Å². The molecule has 1 aromatic carbocycles. The van der Waals surface area contributed by atoms with E-state index in [1.54, 1.807) is 0 Å². The molecule has 21 nitrogen and oxygen atoms in total. The number of nitrogens with zero attached hydrogens (tertiary/aromatic N) is 1. The third kappa shape index (κ3) is 11.5. The molecule has 238 valence electrons. The lowest BCUT2D eigenvalue weighted by Gasteiger charge is -2.45. The Labute approximate surface area is 231 Å². The molecular weight excluding hydrogens is 646 g/mol. The fourth-order valence-corrected chi connectivity index (χ4v) is 7.05. The first-order valence-electron chi connectivity index (χ1n) is 10.8. The van der Waals surface area contributed by atoms with E-state index in [-0.39, 0.29) is 31.7 Å². The Hall–Kier alpha value is -1.63. The summed E-state index contributed by atoms with van der Waals surface area (Å²) >= 11 is 0. The second-order valence-corrected chi connectivity index (χ2v) is 15.9. The van der Waals surface area contributed by atoms with Gasteiger partial charge in [0.25, 0.3) is 5.91 Å². The van der Waals surface area contributed by atoms with Gasteiger partial charge in [-0.25, -0.2) is 5.21 Å². The summed E-state index contributed by atoms with van der Waals surface area (Å²) in [7, 11) is -22.9. The molecule has 3 unspecified atom stereocenters. The van der Waals surface area contributed by atoms with Gasteiger partial charge in [0.05, 0.1) is 0 Å². The number of nitrogens with one attached hydrogen (secondary N) is 1. The topological polar surface area (TPSA) is 387 Å². The molecule has 1 aromatic rings. The van der Waals surface area contributed by atoms with Crippen LogP contribution in [0.4, 0.5) is 0 Å². The molecule has 0 saturated carbocycles. The van der Waals surface area contributed by atoms with Gasteiger partial charge in [-0.3, -0.25) is 9.36 Å². The van der Waals surface area contributed by atoms with Crippen molar-refractivity contribution in [3.63, 3.8) is 0 Å². The van der Waals surface area contributed by atoms with Crippen molar-refractivity contribution in [1.82, 2.24) is 5.32 Å². The molecule has 0 bridgehead atoms. The molecule has 1 rings (SSSR count). The smallest absolute Gasteiger partial charge is 0.475 e. The molecule has 0 radical (unpaired) electrons. The summed E-state index contributed by atoms with van der Waals surface area (Å²) in [5.41, 5.74) is 5.59. The predicted molar refractivity (Wildman–Crippen MR) is 126 cm³/mol. The van der Waals surface area contributed by atoms with Crippen molar-refractivity contribution in [3.8, 4) is 0 Å². The van der Waals surface area contributed by atoms with Crippen molar-refractivity contribution in [2.75, 3.05) is 13.1 Å². The summed E-state index contributed by atoms with van der Waals surface area (Å²) < 4.78 is 43.2. The molecule has 0 aliphatic carbocycles. The average Bonchev–Trinajstić information content (AvgIpc) is 2.81. The highest BCUT2D eigenvalue weighted by Crippen LogP contribution is 2.66. The molecule has 0 fully saturated rings. The van der Waals surface area contributed by atoms with E-state index in [2.05, 4.69) is 10.2 Å². The quantitative estimate of drug-likeness (QED) is 0.0486. The standard InChI is InChI=1S/C12H18N2O11P2.C4H13NO7P2/c15-11(10-4-2-9(3-5-10)8-25-14(17)18)13-7-1-6-12(16,26(19,20)21)27(22,23)24;5-3-1-2-4(6,13(7,8)9)14(10,11)12/h2-5,16H,1,6-8H2,(H5-,13,15,17,18,19,20,21,22,23,24);6H,1-3,5H2,(H2,7,8,9)(H2,10,11,12)/p-3. The lowest BCUT2D eigenvalue weighted by molar-refractivity contribution is -0.979. The third-order valence-electron chi connectivity index (χ3n) is 5.06. The molecule has 0 aliphatic rings. The number of benzene rings is 1. The minimum atomic E-state index is -5.84. The highest BCUT2D eigenvalue weighted by Gasteiger charge is 2.48. The number of rotatable bonds is 15. The van der Waals surface area contributed by atoms with Crippen LogP contribution in [0.2, 0.25) is 0 Å². The van der Waals surface area contributed by atoms with Crippen molar-refractivity contribution in [1.29, 1.82) is 0 Å². The van der Waals surface area contributed by atoms with Crippen LogP contribution in [0.15, 0.2) is 24.3 Å². The molecular formula is C16H28N3O18P4-3. The third-order valence-corrected chi connectivity index (χ3v) is 12.6. The second-order valence-electron chi connectivity index (χ2n) is 8.09. The molecule has 0 spiro atoms. The van der Waals surface area contributed by atoms with E-state index < -0.39 is 70.8 Å². The maximum absolute atomic E-state index is 11.9. The monoisotopic (exact) mass is 674 g/mol. The van der Waals surface area contributed by atoms with E-state index >= 15 is 0 Å². The Kier molecular flexibility index (Phi) is 14.6. The SMILES string of the molecule is NCCCC(O)(P(=O)([O-])[O-])P(=O)(O)O.O=C(NCCCC(O)(P(=O)([O-])O)P(=O)([O-])O)c1ccc(CO[N+](=O)O)cc1. The maximum Gasteiger partial charge on any atom is 0.475 e. The van der Waals surface area contributed by atoms with Crippen LogP contribution in [0.5, 0.6) is 0 Å². The van der Waals surface area contributed by atoms with Gasteiger partial charge >= 0.3 is 12.7 Å². The number of amides is 1. The zero-order valence-electron chi connectivity index (χ0n) is 20.7. The summed E-state index contributed by atoms with van der Waals surface area (Å²) in [6, 6.07) is 5.57. The van der Waals surface area contributed by atoms with Crippen LogP contribution in [-0.4, -0.2) is 69.2 Å². The minimum absolute atomic E-state index is 0.0949. The molecule has 0 aromatic heterocycles. The van der Waals surface area contributed by atoms with Crippen molar-refractivity contribution in [3.05, 3.63) is 40.3 Å². The maximum atomic E-state index is 11.9. The van der Waals surface area contributed by atoms with Gasteiger partial charge in [-0.1, -0.05) is 12.1 Å². The van der Waals surface area contributed by atoms with Crippen LogP contribution in [0, 0.1) is 4.91 Å². The molecule has 25 heteroatoms. The second kappa shape index (κ2) is 15.2. The first-order valence-corrected chi connectivity index (χ1v) is 17.1. The zero-order valence-corrected chi connectivity index (χ0v) is 24.3. The van der Waals surface area contributed by atoms with Crippen molar-refractivity contribution in [2.24, 2.45) is 5.73 Å². The Bertz CT molecular complexity index is 1170. The van der Waals surface area contributed by atoms with E-state index in [0.717, 1.165) is 0 Å². The molecule has 0 heterocycles. The van der Waals surface area contributed by atoms with E-state index in [0.29, 0.717) is 5.56 Å². The Morgan fingerprint density at radius 2 is 1.37 bits per heavy atom. The highest BCUT2D eigenvalue weighted by atomic mass is 31.2. The molecule has 0 saturated heterocycles. The van der Waals surface area contributed by atoms with Gasteiger partial charge in [0.1, 0.15) is 4.91 Å². The summed E-state index contributed by atoms with van der Waals surface area (Å²) in [4.78, 5) is 104. The van der Waals surface area contributed by atoms with Gasteiger partial charge < -0.3 is 74.1 Å². The molecule has 10 N–H and O–H groups in total. The van der Waals surface area contributed by atoms with E-state index in [4.69, 9.17) is 35.6 Å². The average molecular weight is 674 g/mol. The van der Waals surface area contributed by atoms with E-state index in [1.165, 1.54) is 24.3 Å². The molecule has 41 heavy (non-hydrogen) atoms. The lowest BCUT2D eigenvalue weighted by atomic mass is 10.1. The Morgan fingerprint density at radius 1 is 0.902 bits per heavy atom. The lowest BCUT2D eigenvalue weighted by Crippen LogP contribution is -2.39. The summed E-state index contributed by atoms with van der Waals surface area (Å²) in [5, 5.41) is 21.3. The number of hydrogen-bond donors (Lipinski definition) is 9.